The molecule has 96 valence electrons. The van der Waals surface area contributed by atoms with E-state index < -0.39 is 26.2 Å². The van der Waals surface area contributed by atoms with Crippen molar-refractivity contribution in [3.8, 4) is 0 Å². The van der Waals surface area contributed by atoms with Crippen LogP contribution in [0.25, 0.3) is 0 Å². The van der Waals surface area contributed by atoms with Gasteiger partial charge in [-0.25, -0.2) is 0 Å². The highest BCUT2D eigenvalue weighted by Crippen LogP contribution is 1.98. The maximum atomic E-state index is 9.00. The Morgan fingerprint density at radius 2 is 0.750 bits per heavy atom. The van der Waals surface area contributed by atoms with Gasteiger partial charge in [0.2, 0.25) is 0 Å². The zero-order chi connectivity index (χ0) is 14.3. The van der Waals surface area contributed by atoms with Gasteiger partial charge in [0, 0.05) is 25.3 Å². The van der Waals surface area contributed by atoms with E-state index in [4.69, 9.17) is 44.1 Å². The van der Waals surface area contributed by atoms with Crippen molar-refractivity contribution < 1.29 is 44.1 Å². The van der Waals surface area contributed by atoms with E-state index in [1.807, 2.05) is 0 Å². The summed E-state index contributed by atoms with van der Waals surface area (Å²) in [7, 11) is -2.87. The number of carboxylic acid groups (broad SMARTS) is 3. The third kappa shape index (κ3) is 659. The van der Waals surface area contributed by atoms with E-state index in [1.54, 1.807) is 0 Å². The van der Waals surface area contributed by atoms with Crippen molar-refractivity contribution in [3.63, 3.8) is 0 Å². The standard InChI is InChI=1S/3C2H4O2.HO3P/c3*1-2(3)4;1-4(2)3/h3*1H3,(H,3,4);(H-,1,2,3)/p+1. The Bertz CT molecular complexity index is 160. The molecule has 0 radical (unpaired) electrons. The van der Waals surface area contributed by atoms with Crippen molar-refractivity contribution >= 4 is 26.2 Å². The second kappa shape index (κ2) is 19.1. The maximum Gasteiger partial charge on any atom is 0.692 e. The number of hydrogen-bond donors (Lipinski definition) is 5. The van der Waals surface area contributed by atoms with Crippen LogP contribution >= 0.6 is 8.25 Å². The van der Waals surface area contributed by atoms with Crippen LogP contribution < -0.4 is 0 Å². The van der Waals surface area contributed by atoms with Crippen molar-refractivity contribution in [2.24, 2.45) is 0 Å². The van der Waals surface area contributed by atoms with Gasteiger partial charge in [0.15, 0.2) is 0 Å². The average molecular weight is 261 g/mol. The Labute approximate surface area is 91.9 Å². The van der Waals surface area contributed by atoms with Crippen LogP contribution in [0.1, 0.15) is 20.8 Å². The SMILES string of the molecule is CC(=O)O.CC(=O)O.CC(=O)O.O=[P+](O)O. The van der Waals surface area contributed by atoms with Gasteiger partial charge < -0.3 is 15.3 Å². The molecule has 16 heavy (non-hydrogen) atoms. The van der Waals surface area contributed by atoms with E-state index in [0.717, 1.165) is 20.8 Å². The second-order valence-corrected chi connectivity index (χ2v) is 2.32. The molecule has 0 aromatic heterocycles. The lowest BCUT2D eigenvalue weighted by Gasteiger charge is -1.59. The number of carbonyl (C=O) groups is 3. The molecule has 0 saturated heterocycles. The molecule has 0 aromatic rings. The molecule has 0 amide bonds. The minimum atomic E-state index is -2.87. The fourth-order valence-corrected chi connectivity index (χ4v) is 0. The summed E-state index contributed by atoms with van der Waals surface area (Å²) in [5, 5.41) is 22.2. The Balaban J connectivity index is -0.0000000600. The third-order valence-corrected chi connectivity index (χ3v) is 0. The molecule has 0 aliphatic heterocycles. The van der Waals surface area contributed by atoms with E-state index in [2.05, 4.69) is 0 Å². The molecule has 0 unspecified atom stereocenters. The van der Waals surface area contributed by atoms with Crippen molar-refractivity contribution in [2.75, 3.05) is 0 Å². The Morgan fingerprint density at radius 1 is 0.750 bits per heavy atom. The highest BCUT2D eigenvalue weighted by atomic mass is 31.1. The molecule has 0 rings (SSSR count). The molecular formula is C6H14O9P+. The first kappa shape index (κ1) is 23.9. The summed E-state index contributed by atoms with van der Waals surface area (Å²) in [4.78, 5) is 41.2. The molecule has 0 spiro atoms. The van der Waals surface area contributed by atoms with Gasteiger partial charge in [-0.3, -0.25) is 14.4 Å². The van der Waals surface area contributed by atoms with Gasteiger partial charge in [0.05, 0.1) is 0 Å². The molecule has 0 fully saturated rings. The quantitative estimate of drug-likeness (QED) is 0.373. The van der Waals surface area contributed by atoms with Crippen molar-refractivity contribution in [3.05, 3.63) is 0 Å². The summed E-state index contributed by atoms with van der Waals surface area (Å²) in [5.41, 5.74) is 0. The number of hydrogen-bond acceptors (Lipinski definition) is 4. The summed E-state index contributed by atoms with van der Waals surface area (Å²) in [6.07, 6.45) is 0. The van der Waals surface area contributed by atoms with E-state index >= 15 is 0 Å². The minimum absolute atomic E-state index is 0.833. The lowest BCUT2D eigenvalue weighted by atomic mass is 10.9. The van der Waals surface area contributed by atoms with Crippen LogP contribution in [-0.4, -0.2) is 43.0 Å². The van der Waals surface area contributed by atoms with Gasteiger partial charge >= 0.3 is 8.25 Å². The van der Waals surface area contributed by atoms with Gasteiger partial charge in [-0.1, -0.05) is 0 Å². The van der Waals surface area contributed by atoms with E-state index in [9.17, 15) is 0 Å². The average Bonchev–Trinajstić information content (AvgIpc) is 1.76. The van der Waals surface area contributed by atoms with Crippen molar-refractivity contribution in [1.29, 1.82) is 0 Å². The third-order valence-electron chi connectivity index (χ3n) is 0. The predicted molar refractivity (Wildman–Crippen MR) is 52.0 cm³/mol. The Kier molecular flexibility index (Phi) is 28.5. The van der Waals surface area contributed by atoms with Crippen LogP contribution in [0, 0.1) is 0 Å². The molecule has 0 bridgehead atoms. The number of carboxylic acids is 3. The van der Waals surface area contributed by atoms with Crippen LogP contribution in [-0.2, 0) is 18.9 Å². The van der Waals surface area contributed by atoms with Crippen LogP contribution in [0.4, 0.5) is 0 Å². The zero-order valence-corrected chi connectivity index (χ0v) is 9.71. The van der Waals surface area contributed by atoms with Crippen LogP contribution in [0.3, 0.4) is 0 Å². The van der Waals surface area contributed by atoms with E-state index in [0.29, 0.717) is 0 Å². The molecule has 0 aromatic carbocycles. The topological polar surface area (TPSA) is 169 Å². The molecule has 0 heterocycles. The van der Waals surface area contributed by atoms with E-state index in [1.165, 1.54) is 0 Å². The monoisotopic (exact) mass is 261 g/mol. The largest absolute Gasteiger partial charge is 0.692 e. The summed E-state index contributed by atoms with van der Waals surface area (Å²) >= 11 is 0. The van der Waals surface area contributed by atoms with Gasteiger partial charge in [0.1, 0.15) is 0 Å². The number of aliphatic carboxylic acids is 3. The van der Waals surface area contributed by atoms with Crippen LogP contribution in [0.2, 0.25) is 0 Å². The predicted octanol–water partition coefficient (Wildman–Crippen LogP) is -0.0989. The van der Waals surface area contributed by atoms with Gasteiger partial charge in [-0.15, -0.1) is 9.79 Å². The summed E-state index contributed by atoms with van der Waals surface area (Å²) < 4.78 is 8.70. The smallest absolute Gasteiger partial charge is 0.481 e. The Hall–Kier alpha value is -1.57. The van der Waals surface area contributed by atoms with Crippen LogP contribution in [0.5, 0.6) is 0 Å². The molecule has 9 nitrogen and oxygen atoms in total. The van der Waals surface area contributed by atoms with Crippen molar-refractivity contribution in [1.82, 2.24) is 0 Å². The summed E-state index contributed by atoms with van der Waals surface area (Å²) in [5.74, 6) is -2.50. The minimum Gasteiger partial charge on any atom is -0.481 e. The lowest BCUT2D eigenvalue weighted by Crippen LogP contribution is -1.78. The first-order valence-corrected chi connectivity index (χ1v) is 4.53. The number of rotatable bonds is 0. The van der Waals surface area contributed by atoms with E-state index in [-0.39, 0.29) is 0 Å². The lowest BCUT2D eigenvalue weighted by molar-refractivity contribution is -0.135. The Morgan fingerprint density at radius 3 is 0.750 bits per heavy atom. The molecule has 10 heteroatoms. The molecule has 0 saturated carbocycles. The second-order valence-electron chi connectivity index (χ2n) is 1.81. The molecular weight excluding hydrogens is 247 g/mol. The van der Waals surface area contributed by atoms with Gasteiger partial charge in [0.25, 0.3) is 17.9 Å². The molecule has 0 aliphatic rings. The highest BCUT2D eigenvalue weighted by molar-refractivity contribution is 7.30. The summed E-state index contributed by atoms with van der Waals surface area (Å²) in [6.45, 7) is 3.25. The van der Waals surface area contributed by atoms with Gasteiger partial charge in [-0.2, -0.15) is 0 Å². The fraction of sp³-hybridized carbons (Fsp3) is 0.500. The van der Waals surface area contributed by atoms with Gasteiger partial charge in [-0.05, 0) is 0 Å². The molecule has 0 aliphatic carbocycles. The summed E-state index contributed by atoms with van der Waals surface area (Å²) in [6, 6.07) is 0. The normalized spacial score (nSPS) is 6.31. The fourth-order valence-electron chi connectivity index (χ4n) is 0. The maximum absolute atomic E-state index is 9.00. The molecule has 5 N–H and O–H groups in total. The zero-order valence-electron chi connectivity index (χ0n) is 8.82. The van der Waals surface area contributed by atoms with Crippen molar-refractivity contribution in [2.45, 2.75) is 20.8 Å². The first-order chi connectivity index (χ1) is 6.93. The van der Waals surface area contributed by atoms with Crippen LogP contribution in [0.15, 0.2) is 0 Å². The molecule has 0 atom stereocenters. The highest BCUT2D eigenvalue weighted by Gasteiger charge is 1.93. The first-order valence-electron chi connectivity index (χ1n) is 3.37.